The van der Waals surface area contributed by atoms with E-state index >= 15 is 0 Å². The van der Waals surface area contributed by atoms with Gasteiger partial charge in [-0.25, -0.2) is 9.97 Å². The van der Waals surface area contributed by atoms with Gasteiger partial charge in [0.2, 0.25) is 5.28 Å². The molecule has 20 heavy (non-hydrogen) atoms. The summed E-state index contributed by atoms with van der Waals surface area (Å²) in [5, 5.41) is 13.9. The highest BCUT2D eigenvalue weighted by Crippen LogP contribution is 2.31. The number of nitrogens with zero attached hydrogens (tertiary/aromatic N) is 2. The van der Waals surface area contributed by atoms with Gasteiger partial charge in [-0.1, -0.05) is 20.8 Å². The highest BCUT2D eigenvalue weighted by molar-refractivity contribution is 7.18. The van der Waals surface area contributed by atoms with Crippen molar-refractivity contribution < 1.29 is 5.11 Å². The summed E-state index contributed by atoms with van der Waals surface area (Å²) < 4.78 is 0. The number of anilines is 1. The summed E-state index contributed by atoms with van der Waals surface area (Å²) in [5.74, 6) is 1.17. The monoisotopic (exact) mass is 313 g/mol. The van der Waals surface area contributed by atoms with Crippen LogP contribution in [0.4, 0.5) is 5.82 Å². The summed E-state index contributed by atoms with van der Waals surface area (Å²) in [7, 11) is 0. The van der Waals surface area contributed by atoms with Gasteiger partial charge in [-0.2, -0.15) is 0 Å². The van der Waals surface area contributed by atoms with E-state index in [9.17, 15) is 5.11 Å². The minimum absolute atomic E-state index is 0.154. The van der Waals surface area contributed by atoms with Gasteiger partial charge < -0.3 is 10.4 Å². The summed E-state index contributed by atoms with van der Waals surface area (Å²) >= 11 is 7.66. The molecule has 110 valence electrons. The van der Waals surface area contributed by atoms with Crippen LogP contribution < -0.4 is 5.32 Å². The minimum atomic E-state index is 0.154. The molecule has 0 bridgehead atoms. The molecule has 0 spiro atoms. The zero-order valence-corrected chi connectivity index (χ0v) is 13.6. The first kappa shape index (κ1) is 15.5. The van der Waals surface area contributed by atoms with E-state index in [2.05, 4.69) is 42.1 Å². The molecule has 0 aliphatic rings. The number of aliphatic hydroxyl groups is 1. The van der Waals surface area contributed by atoms with Gasteiger partial charge in [0.1, 0.15) is 10.6 Å². The number of aliphatic hydroxyl groups excluding tert-OH is 1. The Hall–Kier alpha value is -0.910. The van der Waals surface area contributed by atoms with E-state index in [-0.39, 0.29) is 17.9 Å². The van der Waals surface area contributed by atoms with E-state index in [1.54, 1.807) is 11.3 Å². The largest absolute Gasteiger partial charge is 0.396 e. The molecule has 6 heteroatoms. The first-order chi connectivity index (χ1) is 9.55. The van der Waals surface area contributed by atoms with Crippen molar-refractivity contribution in [1.29, 1.82) is 0 Å². The van der Waals surface area contributed by atoms with Crippen LogP contribution in [0.25, 0.3) is 10.2 Å². The molecular formula is C14H20ClN3OS. The second-order valence-electron chi connectivity index (χ2n) is 5.13. The number of rotatable bonds is 6. The molecule has 0 saturated heterocycles. The Kier molecular flexibility index (Phi) is 5.18. The molecule has 0 amide bonds. The molecule has 0 aromatic carbocycles. The summed E-state index contributed by atoms with van der Waals surface area (Å²) in [6.07, 6.45) is 1.66. The molecular weight excluding hydrogens is 294 g/mol. The number of nitrogens with one attached hydrogen (secondary N) is 1. The number of halogens is 1. The van der Waals surface area contributed by atoms with Crippen molar-refractivity contribution in [3.8, 4) is 0 Å². The fraction of sp³-hybridized carbons (Fsp3) is 0.571. The maximum absolute atomic E-state index is 9.18. The third-order valence-corrected chi connectivity index (χ3v) is 4.67. The number of aromatic nitrogens is 2. The van der Waals surface area contributed by atoms with Crippen molar-refractivity contribution in [2.45, 2.75) is 39.7 Å². The molecule has 0 aliphatic heterocycles. The SMILES string of the molecule is CCc1cc2c(NC(CCO)C(C)C)nc(Cl)nc2s1. The smallest absolute Gasteiger partial charge is 0.225 e. The van der Waals surface area contributed by atoms with Crippen LogP contribution in [0.15, 0.2) is 6.07 Å². The van der Waals surface area contributed by atoms with Crippen LogP contribution >= 0.6 is 22.9 Å². The minimum Gasteiger partial charge on any atom is -0.396 e. The van der Waals surface area contributed by atoms with Crippen molar-refractivity contribution in [3.05, 3.63) is 16.2 Å². The van der Waals surface area contributed by atoms with Gasteiger partial charge >= 0.3 is 0 Å². The normalized spacial score (nSPS) is 13.1. The number of hydrogen-bond donors (Lipinski definition) is 2. The average molecular weight is 314 g/mol. The maximum atomic E-state index is 9.18. The van der Waals surface area contributed by atoms with Gasteiger partial charge in [0, 0.05) is 17.5 Å². The topological polar surface area (TPSA) is 58.0 Å². The van der Waals surface area contributed by atoms with E-state index in [0.29, 0.717) is 12.3 Å². The third-order valence-electron chi connectivity index (χ3n) is 3.33. The molecule has 1 unspecified atom stereocenters. The molecule has 0 saturated carbocycles. The second-order valence-corrected chi connectivity index (χ2v) is 6.59. The molecule has 0 aliphatic carbocycles. The van der Waals surface area contributed by atoms with E-state index in [4.69, 9.17) is 11.6 Å². The molecule has 2 aromatic heterocycles. The average Bonchev–Trinajstić information content (AvgIpc) is 2.80. The van der Waals surface area contributed by atoms with Crippen LogP contribution in [0.2, 0.25) is 5.28 Å². The van der Waals surface area contributed by atoms with E-state index in [1.165, 1.54) is 4.88 Å². The summed E-state index contributed by atoms with van der Waals surface area (Å²) in [5.41, 5.74) is 0. The van der Waals surface area contributed by atoms with Gasteiger partial charge in [0.05, 0.1) is 5.39 Å². The van der Waals surface area contributed by atoms with Crippen LogP contribution in [0, 0.1) is 5.92 Å². The van der Waals surface area contributed by atoms with Crippen molar-refractivity contribution in [1.82, 2.24) is 9.97 Å². The van der Waals surface area contributed by atoms with Crippen LogP contribution in [0.1, 0.15) is 32.1 Å². The predicted octanol–water partition coefficient (Wildman–Crippen LogP) is 3.73. The highest BCUT2D eigenvalue weighted by Gasteiger charge is 2.17. The maximum Gasteiger partial charge on any atom is 0.225 e. The quantitative estimate of drug-likeness (QED) is 0.798. The Balaban J connectivity index is 2.39. The van der Waals surface area contributed by atoms with E-state index in [1.807, 2.05) is 0 Å². The Morgan fingerprint density at radius 2 is 2.15 bits per heavy atom. The molecule has 0 fully saturated rings. The lowest BCUT2D eigenvalue weighted by Crippen LogP contribution is -2.27. The highest BCUT2D eigenvalue weighted by atomic mass is 35.5. The summed E-state index contributed by atoms with van der Waals surface area (Å²) in [4.78, 5) is 10.8. The van der Waals surface area contributed by atoms with Gasteiger partial charge in [-0.3, -0.25) is 0 Å². The molecule has 2 rings (SSSR count). The number of hydrogen-bond acceptors (Lipinski definition) is 5. The third kappa shape index (κ3) is 3.40. The van der Waals surface area contributed by atoms with Crippen molar-refractivity contribution in [2.24, 2.45) is 5.92 Å². The summed E-state index contributed by atoms with van der Waals surface area (Å²) in [6, 6.07) is 2.29. The van der Waals surface area contributed by atoms with Gasteiger partial charge in [-0.15, -0.1) is 11.3 Å². The Labute approximate surface area is 128 Å². The molecule has 4 nitrogen and oxygen atoms in total. The van der Waals surface area contributed by atoms with Crippen LogP contribution in [-0.4, -0.2) is 27.7 Å². The Morgan fingerprint density at radius 1 is 1.40 bits per heavy atom. The fourth-order valence-electron chi connectivity index (χ4n) is 2.12. The first-order valence-corrected chi connectivity index (χ1v) is 8.08. The Morgan fingerprint density at radius 3 is 2.75 bits per heavy atom. The zero-order chi connectivity index (χ0) is 14.7. The van der Waals surface area contributed by atoms with Crippen molar-refractivity contribution >= 4 is 39.0 Å². The second kappa shape index (κ2) is 6.70. The predicted molar refractivity (Wildman–Crippen MR) is 85.8 cm³/mol. The van der Waals surface area contributed by atoms with E-state index in [0.717, 1.165) is 22.5 Å². The fourth-order valence-corrected chi connectivity index (χ4v) is 3.30. The molecule has 2 aromatic rings. The van der Waals surface area contributed by atoms with Crippen molar-refractivity contribution in [2.75, 3.05) is 11.9 Å². The summed E-state index contributed by atoms with van der Waals surface area (Å²) in [6.45, 7) is 6.52. The van der Waals surface area contributed by atoms with Gasteiger partial charge in [0.25, 0.3) is 0 Å². The lowest BCUT2D eigenvalue weighted by atomic mass is 10.0. The van der Waals surface area contributed by atoms with Gasteiger partial charge in [0.15, 0.2) is 0 Å². The van der Waals surface area contributed by atoms with Crippen LogP contribution in [-0.2, 0) is 6.42 Å². The van der Waals surface area contributed by atoms with Gasteiger partial charge in [-0.05, 0) is 36.4 Å². The standard InChI is InChI=1S/C14H20ClN3OS/c1-4-9-7-10-12(16-11(5-6-19)8(2)3)17-14(15)18-13(10)20-9/h7-8,11,19H,4-6H2,1-3H3,(H,16,17,18). The van der Waals surface area contributed by atoms with Crippen LogP contribution in [0.5, 0.6) is 0 Å². The zero-order valence-electron chi connectivity index (χ0n) is 12.0. The van der Waals surface area contributed by atoms with E-state index < -0.39 is 0 Å². The number of fused-ring (bicyclic) bond motifs is 1. The lowest BCUT2D eigenvalue weighted by Gasteiger charge is -2.22. The van der Waals surface area contributed by atoms with Crippen LogP contribution in [0.3, 0.4) is 0 Å². The first-order valence-electron chi connectivity index (χ1n) is 6.88. The Bertz CT molecular complexity index is 585. The number of thiophene rings is 1. The molecule has 1 atom stereocenters. The number of aryl methyl sites for hydroxylation is 1. The molecule has 0 radical (unpaired) electrons. The van der Waals surface area contributed by atoms with Crippen molar-refractivity contribution in [3.63, 3.8) is 0 Å². The molecule has 2 heterocycles. The molecule has 2 N–H and O–H groups in total. The lowest BCUT2D eigenvalue weighted by molar-refractivity contribution is 0.267.